The Morgan fingerprint density at radius 3 is 1.79 bits per heavy atom. The number of benzene rings is 4. The first-order valence-corrected chi connectivity index (χ1v) is 13.0. The smallest absolute Gasteiger partial charge is 0.205 e. The molecule has 0 bridgehead atoms. The van der Waals surface area contributed by atoms with Crippen LogP contribution < -0.4 is 21.4 Å². The molecule has 0 aliphatic carbocycles. The Morgan fingerprint density at radius 1 is 0.647 bits per heavy atom. The fourth-order valence-corrected chi connectivity index (χ4v) is 6.71. The number of nitrogens with zero attached hydrogens (tertiary/aromatic N) is 1. The lowest BCUT2D eigenvalue weighted by atomic mass is 9.97. The number of pyridine rings is 1. The predicted molar refractivity (Wildman–Crippen MR) is 141 cm³/mol. The molecule has 1 aromatic heterocycles. The zero-order valence-corrected chi connectivity index (χ0v) is 19.6. The van der Waals surface area contributed by atoms with E-state index in [-0.39, 0.29) is 0 Å². The van der Waals surface area contributed by atoms with E-state index in [1.807, 2.05) is 127 Å². The lowest BCUT2D eigenvalue weighted by Crippen LogP contribution is -2.36. The summed E-state index contributed by atoms with van der Waals surface area (Å²) >= 11 is 0. The molecular formula is C29H26N3OP. The van der Waals surface area contributed by atoms with Gasteiger partial charge in [-0.3, -0.25) is 14.6 Å². The van der Waals surface area contributed by atoms with Crippen molar-refractivity contribution < 1.29 is 4.57 Å². The molecule has 3 N–H and O–H groups in total. The number of nitrogens with two attached hydrogens (primary N) is 1. The van der Waals surface area contributed by atoms with Gasteiger partial charge in [0.1, 0.15) is 0 Å². The van der Waals surface area contributed by atoms with Crippen LogP contribution >= 0.6 is 7.29 Å². The molecule has 168 valence electrons. The van der Waals surface area contributed by atoms with E-state index in [1.54, 1.807) is 0 Å². The fraction of sp³-hybridized carbons (Fsp3) is 0.0690. The predicted octanol–water partition coefficient (Wildman–Crippen LogP) is 5.49. The number of fused-ring (bicyclic) bond motifs is 1. The van der Waals surface area contributed by atoms with Gasteiger partial charge in [-0.1, -0.05) is 91.0 Å². The molecule has 0 aliphatic rings. The molecule has 34 heavy (non-hydrogen) atoms. The third kappa shape index (κ3) is 4.44. The summed E-state index contributed by atoms with van der Waals surface area (Å²) in [5, 5.41) is 6.05. The molecule has 0 saturated carbocycles. The van der Waals surface area contributed by atoms with Gasteiger partial charge in [0, 0.05) is 16.0 Å². The molecule has 0 spiro atoms. The number of aromatic nitrogens is 1. The second-order valence-corrected chi connectivity index (χ2v) is 10.8. The summed E-state index contributed by atoms with van der Waals surface area (Å²) in [6.07, 6.45) is 0. The topological polar surface area (TPSA) is 68.0 Å². The molecule has 0 radical (unpaired) electrons. The Bertz CT molecular complexity index is 1380. The van der Waals surface area contributed by atoms with Gasteiger partial charge in [0.05, 0.1) is 23.3 Å². The molecule has 2 atom stereocenters. The van der Waals surface area contributed by atoms with E-state index in [1.165, 1.54) is 0 Å². The molecular weight excluding hydrogens is 437 g/mol. The maximum absolute atomic E-state index is 14.8. The molecule has 1 heterocycles. The van der Waals surface area contributed by atoms with Crippen LogP contribution in [0.2, 0.25) is 0 Å². The van der Waals surface area contributed by atoms with Crippen LogP contribution in [0.15, 0.2) is 127 Å². The molecule has 5 aromatic rings. The molecule has 0 saturated heterocycles. The SMILES string of the molecule is N[C@@H](c1ccc2ccccc2n1)[C@H](NP(=O)(c1ccccc1)c1ccccc1)c1ccccc1. The summed E-state index contributed by atoms with van der Waals surface area (Å²) in [4.78, 5) is 4.84. The minimum Gasteiger partial charge on any atom is -0.321 e. The lowest BCUT2D eigenvalue weighted by Gasteiger charge is -2.31. The number of rotatable bonds is 7. The van der Waals surface area contributed by atoms with Crippen molar-refractivity contribution in [2.24, 2.45) is 5.73 Å². The van der Waals surface area contributed by atoms with E-state index in [4.69, 9.17) is 10.7 Å². The van der Waals surface area contributed by atoms with E-state index in [9.17, 15) is 4.57 Å². The van der Waals surface area contributed by atoms with Gasteiger partial charge in [0.2, 0.25) is 7.29 Å². The maximum atomic E-state index is 14.8. The summed E-state index contributed by atoms with van der Waals surface area (Å²) in [7, 11) is -3.23. The first kappa shape index (κ1) is 22.2. The van der Waals surface area contributed by atoms with Crippen molar-refractivity contribution in [2.45, 2.75) is 12.1 Å². The van der Waals surface area contributed by atoms with E-state index in [2.05, 4.69) is 5.09 Å². The molecule has 5 heteroatoms. The van der Waals surface area contributed by atoms with Crippen LogP contribution in [-0.4, -0.2) is 4.98 Å². The third-order valence-electron chi connectivity index (χ3n) is 6.04. The number of hydrogen-bond acceptors (Lipinski definition) is 3. The Morgan fingerprint density at radius 2 is 1.18 bits per heavy atom. The summed E-state index contributed by atoms with van der Waals surface area (Å²) in [5.41, 5.74) is 9.46. The highest BCUT2D eigenvalue weighted by Crippen LogP contribution is 2.44. The van der Waals surface area contributed by atoms with Gasteiger partial charge in [0.15, 0.2) is 0 Å². The van der Waals surface area contributed by atoms with Crippen molar-refractivity contribution in [2.75, 3.05) is 0 Å². The Hall–Kier alpha value is -3.56. The third-order valence-corrected chi connectivity index (χ3v) is 8.73. The van der Waals surface area contributed by atoms with Crippen molar-refractivity contribution in [3.05, 3.63) is 139 Å². The summed E-state index contributed by atoms with van der Waals surface area (Å²) in [5.74, 6) is 0. The molecule has 0 amide bonds. The van der Waals surface area contributed by atoms with Crippen LogP contribution in [0.3, 0.4) is 0 Å². The zero-order chi connectivity index (χ0) is 23.4. The van der Waals surface area contributed by atoms with Crippen LogP contribution in [0, 0.1) is 0 Å². The highest BCUT2D eigenvalue weighted by atomic mass is 31.2. The van der Waals surface area contributed by atoms with E-state index in [0.29, 0.717) is 0 Å². The monoisotopic (exact) mass is 463 g/mol. The number of nitrogens with one attached hydrogen (secondary N) is 1. The highest BCUT2D eigenvalue weighted by molar-refractivity contribution is 7.76. The minimum absolute atomic E-state index is 0.430. The van der Waals surface area contributed by atoms with Crippen LogP contribution in [-0.2, 0) is 4.57 Å². The van der Waals surface area contributed by atoms with Gasteiger partial charge >= 0.3 is 0 Å². The average molecular weight is 464 g/mol. The van der Waals surface area contributed by atoms with Gasteiger partial charge in [-0.15, -0.1) is 0 Å². The summed E-state index contributed by atoms with van der Waals surface area (Å²) in [6.45, 7) is 0. The lowest BCUT2D eigenvalue weighted by molar-refractivity contribution is 0.504. The zero-order valence-electron chi connectivity index (χ0n) is 18.7. The normalized spacial score (nSPS) is 13.4. The van der Waals surface area contributed by atoms with Gasteiger partial charge < -0.3 is 5.73 Å². The van der Waals surface area contributed by atoms with Crippen molar-refractivity contribution in [3.8, 4) is 0 Å². The largest absolute Gasteiger partial charge is 0.321 e. The average Bonchev–Trinajstić information content (AvgIpc) is 2.92. The molecule has 0 aliphatic heterocycles. The van der Waals surface area contributed by atoms with Crippen molar-refractivity contribution in [1.29, 1.82) is 0 Å². The maximum Gasteiger partial charge on any atom is 0.205 e. The van der Waals surface area contributed by atoms with Crippen LogP contribution in [0.25, 0.3) is 10.9 Å². The molecule has 0 fully saturated rings. The second-order valence-electron chi connectivity index (χ2n) is 8.25. The first-order valence-electron chi connectivity index (χ1n) is 11.3. The Kier molecular flexibility index (Phi) is 6.37. The Labute approximate surface area is 199 Å². The van der Waals surface area contributed by atoms with Gasteiger partial charge in [-0.25, -0.2) is 0 Å². The first-order chi connectivity index (χ1) is 16.6. The quantitative estimate of drug-likeness (QED) is 0.313. The van der Waals surface area contributed by atoms with Gasteiger partial charge in [-0.05, 0) is 42.0 Å². The van der Waals surface area contributed by atoms with Crippen LogP contribution in [0.5, 0.6) is 0 Å². The summed E-state index contributed by atoms with van der Waals surface area (Å²) < 4.78 is 14.8. The van der Waals surface area contributed by atoms with E-state index >= 15 is 0 Å². The molecule has 4 aromatic carbocycles. The van der Waals surface area contributed by atoms with Crippen LogP contribution in [0.1, 0.15) is 23.3 Å². The van der Waals surface area contributed by atoms with Crippen LogP contribution in [0.4, 0.5) is 0 Å². The molecule has 4 nitrogen and oxygen atoms in total. The molecule has 0 unspecified atom stereocenters. The number of hydrogen-bond donors (Lipinski definition) is 2. The molecule has 5 rings (SSSR count). The van der Waals surface area contributed by atoms with Gasteiger partial charge in [0.25, 0.3) is 0 Å². The number of para-hydroxylation sites is 1. The highest BCUT2D eigenvalue weighted by Gasteiger charge is 2.34. The van der Waals surface area contributed by atoms with E-state index < -0.39 is 19.4 Å². The van der Waals surface area contributed by atoms with Crippen molar-refractivity contribution in [3.63, 3.8) is 0 Å². The van der Waals surface area contributed by atoms with Gasteiger partial charge in [-0.2, -0.15) is 0 Å². The van der Waals surface area contributed by atoms with E-state index in [0.717, 1.165) is 32.8 Å². The van der Waals surface area contributed by atoms with Crippen molar-refractivity contribution in [1.82, 2.24) is 10.1 Å². The van der Waals surface area contributed by atoms with Crippen molar-refractivity contribution >= 4 is 28.8 Å². The standard InChI is InChI=1S/C29H26N3OP/c30-28(27-21-20-22-12-10-11-19-26(22)31-27)29(23-13-4-1-5-14-23)32-34(33,24-15-6-2-7-16-24)25-17-8-3-9-18-25/h1-21,28-29H,30H2,(H,32,33)/t28-,29+/m0/s1. The minimum atomic E-state index is -3.23. The fourth-order valence-electron chi connectivity index (χ4n) is 4.23. The summed E-state index contributed by atoms with van der Waals surface area (Å²) in [6, 6.07) is 40.1. The Balaban J connectivity index is 1.62. The second kappa shape index (κ2) is 9.74.